The molecular weight excluding hydrogens is 320 g/mol. The van der Waals surface area contributed by atoms with E-state index in [1.807, 2.05) is 12.1 Å². The fourth-order valence-electron chi connectivity index (χ4n) is 5.50. The molecular formula is C18H20N4OS. The van der Waals surface area contributed by atoms with Crippen molar-refractivity contribution in [1.82, 2.24) is 15.2 Å². The molecule has 0 radical (unpaired) electrons. The van der Waals surface area contributed by atoms with Crippen molar-refractivity contribution in [3.05, 3.63) is 24.5 Å². The van der Waals surface area contributed by atoms with Gasteiger partial charge < -0.3 is 5.32 Å². The van der Waals surface area contributed by atoms with E-state index in [1.54, 1.807) is 12.4 Å². The molecule has 4 saturated carbocycles. The molecule has 124 valence electrons. The lowest BCUT2D eigenvalue weighted by Crippen LogP contribution is -2.51. The van der Waals surface area contributed by atoms with E-state index in [-0.39, 0.29) is 11.3 Å². The van der Waals surface area contributed by atoms with E-state index in [2.05, 4.69) is 20.5 Å². The van der Waals surface area contributed by atoms with Crippen molar-refractivity contribution in [2.75, 3.05) is 5.32 Å². The monoisotopic (exact) mass is 340 g/mol. The van der Waals surface area contributed by atoms with Crippen LogP contribution in [0.15, 0.2) is 24.5 Å². The van der Waals surface area contributed by atoms with Gasteiger partial charge >= 0.3 is 0 Å². The van der Waals surface area contributed by atoms with Crippen LogP contribution in [0.3, 0.4) is 0 Å². The van der Waals surface area contributed by atoms with Gasteiger partial charge in [0.15, 0.2) is 0 Å². The van der Waals surface area contributed by atoms with Crippen LogP contribution in [0.4, 0.5) is 5.13 Å². The van der Waals surface area contributed by atoms with Crippen LogP contribution >= 0.6 is 11.3 Å². The summed E-state index contributed by atoms with van der Waals surface area (Å²) in [6.07, 6.45) is 10.7. The first kappa shape index (κ1) is 14.5. The van der Waals surface area contributed by atoms with E-state index in [9.17, 15) is 4.79 Å². The number of pyridine rings is 1. The first-order valence-electron chi connectivity index (χ1n) is 8.75. The normalized spacial score (nSPS) is 33.6. The van der Waals surface area contributed by atoms with Crippen LogP contribution in [0.25, 0.3) is 10.6 Å². The molecule has 2 heterocycles. The summed E-state index contributed by atoms with van der Waals surface area (Å²) in [6.45, 7) is 0. The Morgan fingerprint density at radius 2 is 1.67 bits per heavy atom. The molecule has 6 heteroatoms. The van der Waals surface area contributed by atoms with Crippen LogP contribution in [0, 0.1) is 23.2 Å². The molecule has 4 aliphatic rings. The molecule has 4 aliphatic carbocycles. The third-order valence-electron chi connectivity index (χ3n) is 6.09. The maximum Gasteiger partial charge on any atom is 0.232 e. The SMILES string of the molecule is O=C(Nc1nnc(-c2ccncc2)s1)C12CC3CC(CC(C3)C1)C2. The first-order valence-corrected chi connectivity index (χ1v) is 9.57. The van der Waals surface area contributed by atoms with Gasteiger partial charge in [-0.1, -0.05) is 11.3 Å². The minimum absolute atomic E-state index is 0.142. The molecule has 0 saturated heterocycles. The molecule has 2 aromatic heterocycles. The van der Waals surface area contributed by atoms with E-state index in [0.717, 1.165) is 47.6 Å². The maximum absolute atomic E-state index is 13.0. The summed E-state index contributed by atoms with van der Waals surface area (Å²) in [5, 5.41) is 12.9. The Hall–Kier alpha value is -1.82. The zero-order valence-corrected chi connectivity index (χ0v) is 14.3. The van der Waals surface area contributed by atoms with Crippen LogP contribution in [-0.4, -0.2) is 21.1 Å². The fourth-order valence-corrected chi connectivity index (χ4v) is 6.25. The van der Waals surface area contributed by atoms with Gasteiger partial charge in [-0.25, -0.2) is 0 Å². The summed E-state index contributed by atoms with van der Waals surface area (Å²) in [4.78, 5) is 17.0. The van der Waals surface area contributed by atoms with Crippen molar-refractivity contribution >= 4 is 22.4 Å². The van der Waals surface area contributed by atoms with Crippen LogP contribution < -0.4 is 5.32 Å². The minimum Gasteiger partial charge on any atom is -0.300 e. The number of aromatic nitrogens is 3. The molecule has 0 spiro atoms. The summed E-state index contributed by atoms with van der Waals surface area (Å²) in [6, 6.07) is 3.82. The van der Waals surface area contributed by atoms with Gasteiger partial charge in [0, 0.05) is 18.0 Å². The van der Waals surface area contributed by atoms with Crippen LogP contribution in [0.5, 0.6) is 0 Å². The van der Waals surface area contributed by atoms with Crippen molar-refractivity contribution < 1.29 is 4.79 Å². The molecule has 1 amide bonds. The third kappa shape index (κ3) is 2.35. The maximum atomic E-state index is 13.0. The van der Waals surface area contributed by atoms with Crippen LogP contribution in [0.1, 0.15) is 38.5 Å². The number of hydrogen-bond donors (Lipinski definition) is 1. The van der Waals surface area contributed by atoms with Crippen molar-refractivity contribution in [2.24, 2.45) is 23.2 Å². The Morgan fingerprint density at radius 1 is 1.04 bits per heavy atom. The van der Waals surface area contributed by atoms with E-state index < -0.39 is 0 Å². The molecule has 0 atom stereocenters. The minimum atomic E-state index is -0.142. The van der Waals surface area contributed by atoms with Gasteiger partial charge in [-0.15, -0.1) is 10.2 Å². The Kier molecular flexibility index (Phi) is 3.23. The van der Waals surface area contributed by atoms with Gasteiger partial charge in [-0.2, -0.15) is 0 Å². The number of nitrogens with one attached hydrogen (secondary N) is 1. The molecule has 0 unspecified atom stereocenters. The average molecular weight is 340 g/mol. The van der Waals surface area contributed by atoms with Crippen molar-refractivity contribution in [2.45, 2.75) is 38.5 Å². The molecule has 6 rings (SSSR count). The smallest absolute Gasteiger partial charge is 0.232 e. The van der Waals surface area contributed by atoms with Gasteiger partial charge in [0.2, 0.25) is 11.0 Å². The number of rotatable bonds is 3. The molecule has 5 nitrogen and oxygen atoms in total. The van der Waals surface area contributed by atoms with Gasteiger partial charge in [0.05, 0.1) is 5.41 Å². The largest absolute Gasteiger partial charge is 0.300 e. The van der Waals surface area contributed by atoms with Gasteiger partial charge in [-0.05, 0) is 68.4 Å². The Balaban J connectivity index is 1.35. The second-order valence-corrected chi connectivity index (χ2v) is 8.78. The number of carbonyl (C=O) groups is 1. The van der Waals surface area contributed by atoms with Gasteiger partial charge in [-0.3, -0.25) is 9.78 Å². The summed E-state index contributed by atoms with van der Waals surface area (Å²) in [5.41, 5.74) is 0.842. The fraction of sp³-hybridized carbons (Fsp3) is 0.556. The third-order valence-corrected chi connectivity index (χ3v) is 6.98. The molecule has 4 fully saturated rings. The highest BCUT2D eigenvalue weighted by Gasteiger charge is 2.54. The molecule has 0 aromatic carbocycles. The summed E-state index contributed by atoms with van der Waals surface area (Å²) >= 11 is 1.44. The van der Waals surface area contributed by atoms with E-state index in [0.29, 0.717) is 5.13 Å². The Labute approximate surface area is 144 Å². The quantitative estimate of drug-likeness (QED) is 0.924. The summed E-state index contributed by atoms with van der Waals surface area (Å²) in [7, 11) is 0. The summed E-state index contributed by atoms with van der Waals surface area (Å²) in [5.74, 6) is 2.48. The number of anilines is 1. The molecule has 1 N–H and O–H groups in total. The van der Waals surface area contributed by atoms with Crippen molar-refractivity contribution in [3.63, 3.8) is 0 Å². The predicted molar refractivity (Wildman–Crippen MR) is 92.4 cm³/mol. The highest BCUT2D eigenvalue weighted by atomic mass is 32.1. The Morgan fingerprint density at radius 3 is 2.29 bits per heavy atom. The van der Waals surface area contributed by atoms with Gasteiger partial charge in [0.25, 0.3) is 0 Å². The number of nitrogens with zero attached hydrogens (tertiary/aromatic N) is 3. The zero-order chi connectivity index (χ0) is 16.1. The van der Waals surface area contributed by atoms with E-state index in [1.165, 1.54) is 30.6 Å². The summed E-state index contributed by atoms with van der Waals surface area (Å²) < 4.78 is 0. The lowest BCUT2D eigenvalue weighted by atomic mass is 9.49. The van der Waals surface area contributed by atoms with Crippen molar-refractivity contribution in [3.8, 4) is 10.6 Å². The highest BCUT2D eigenvalue weighted by Crippen LogP contribution is 2.60. The van der Waals surface area contributed by atoms with E-state index in [4.69, 9.17) is 0 Å². The number of carbonyl (C=O) groups excluding carboxylic acids is 1. The number of hydrogen-bond acceptors (Lipinski definition) is 5. The molecule has 0 aliphatic heterocycles. The second kappa shape index (κ2) is 5.34. The molecule has 4 bridgehead atoms. The lowest BCUT2D eigenvalue weighted by Gasteiger charge is -2.55. The standard InChI is InChI=1S/C18H20N4OS/c23-16(18-8-11-5-12(9-18)7-13(6-11)10-18)20-17-22-21-15(24-17)14-1-3-19-4-2-14/h1-4,11-13H,5-10H2,(H,20,22,23). The molecule has 24 heavy (non-hydrogen) atoms. The predicted octanol–water partition coefficient (Wildman–Crippen LogP) is 3.76. The van der Waals surface area contributed by atoms with Crippen LogP contribution in [0.2, 0.25) is 0 Å². The number of amides is 1. The van der Waals surface area contributed by atoms with E-state index >= 15 is 0 Å². The van der Waals surface area contributed by atoms with Crippen LogP contribution in [-0.2, 0) is 4.79 Å². The zero-order valence-electron chi connectivity index (χ0n) is 13.4. The highest BCUT2D eigenvalue weighted by molar-refractivity contribution is 7.18. The van der Waals surface area contributed by atoms with Crippen molar-refractivity contribution in [1.29, 1.82) is 0 Å². The average Bonchev–Trinajstić information content (AvgIpc) is 3.03. The second-order valence-electron chi connectivity index (χ2n) is 7.80. The Bertz CT molecular complexity index is 737. The molecule has 2 aromatic rings. The lowest BCUT2D eigenvalue weighted by molar-refractivity contribution is -0.140. The topological polar surface area (TPSA) is 67.8 Å². The first-order chi connectivity index (χ1) is 11.7. The van der Waals surface area contributed by atoms with Gasteiger partial charge in [0.1, 0.15) is 5.01 Å².